The lowest BCUT2D eigenvalue weighted by Gasteiger charge is -2.18. The summed E-state index contributed by atoms with van der Waals surface area (Å²) in [7, 11) is 0. The van der Waals surface area contributed by atoms with E-state index in [0.717, 1.165) is 17.7 Å². The maximum absolute atomic E-state index is 13.2. The SMILES string of the molecule is Cc1cccc(C(O)c2cc(F)ccc2C(F)(F)F)c1. The van der Waals surface area contributed by atoms with Crippen molar-refractivity contribution < 1.29 is 22.7 Å². The molecule has 0 amide bonds. The van der Waals surface area contributed by atoms with Crippen molar-refractivity contribution in [3.63, 3.8) is 0 Å². The smallest absolute Gasteiger partial charge is 0.384 e. The predicted octanol–water partition coefficient (Wildman–Crippen LogP) is 4.23. The molecule has 1 unspecified atom stereocenters. The standard InChI is InChI=1S/C15H12F4O/c1-9-3-2-4-10(7-9)14(20)12-8-11(16)5-6-13(12)15(17,18)19/h2-8,14,20H,1H3. The second-order valence-electron chi connectivity index (χ2n) is 4.55. The molecule has 0 heterocycles. The van der Waals surface area contributed by atoms with Crippen molar-refractivity contribution in [2.75, 3.05) is 0 Å². The zero-order valence-electron chi connectivity index (χ0n) is 10.6. The van der Waals surface area contributed by atoms with Crippen molar-refractivity contribution in [3.05, 3.63) is 70.5 Å². The number of halogens is 4. The fraction of sp³-hybridized carbons (Fsp3) is 0.200. The van der Waals surface area contributed by atoms with E-state index in [0.29, 0.717) is 11.6 Å². The van der Waals surface area contributed by atoms with Gasteiger partial charge in [-0.25, -0.2) is 4.39 Å². The molecule has 0 aromatic heterocycles. The maximum atomic E-state index is 13.2. The Labute approximate surface area is 113 Å². The van der Waals surface area contributed by atoms with E-state index in [-0.39, 0.29) is 0 Å². The van der Waals surface area contributed by atoms with Crippen LogP contribution >= 0.6 is 0 Å². The fourth-order valence-corrected chi connectivity index (χ4v) is 2.04. The molecule has 2 rings (SSSR count). The maximum Gasteiger partial charge on any atom is 0.416 e. The first-order valence-corrected chi connectivity index (χ1v) is 5.90. The van der Waals surface area contributed by atoms with Crippen molar-refractivity contribution in [2.24, 2.45) is 0 Å². The minimum atomic E-state index is -4.65. The largest absolute Gasteiger partial charge is 0.416 e. The van der Waals surface area contributed by atoms with Crippen LogP contribution in [-0.2, 0) is 6.18 Å². The lowest BCUT2D eigenvalue weighted by atomic mass is 9.95. The van der Waals surface area contributed by atoms with E-state index in [4.69, 9.17) is 0 Å². The van der Waals surface area contributed by atoms with Crippen molar-refractivity contribution in [1.29, 1.82) is 0 Å². The lowest BCUT2D eigenvalue weighted by Crippen LogP contribution is -2.13. The van der Waals surface area contributed by atoms with E-state index in [2.05, 4.69) is 0 Å². The number of alkyl halides is 3. The molecule has 1 nitrogen and oxygen atoms in total. The third-order valence-corrected chi connectivity index (χ3v) is 2.97. The van der Waals surface area contributed by atoms with Gasteiger partial charge in [0.15, 0.2) is 0 Å². The number of hydrogen-bond acceptors (Lipinski definition) is 1. The number of aliphatic hydroxyl groups excluding tert-OH is 1. The molecule has 1 atom stereocenters. The number of hydrogen-bond donors (Lipinski definition) is 1. The number of aryl methyl sites for hydroxylation is 1. The van der Waals surface area contributed by atoms with Crippen LogP contribution in [0.3, 0.4) is 0 Å². The highest BCUT2D eigenvalue weighted by molar-refractivity contribution is 5.38. The van der Waals surface area contributed by atoms with E-state index in [1.807, 2.05) is 0 Å². The van der Waals surface area contributed by atoms with Gasteiger partial charge in [0.25, 0.3) is 0 Å². The van der Waals surface area contributed by atoms with Crippen molar-refractivity contribution in [3.8, 4) is 0 Å². The highest BCUT2D eigenvalue weighted by Crippen LogP contribution is 2.37. The van der Waals surface area contributed by atoms with Gasteiger partial charge < -0.3 is 5.11 Å². The minimum absolute atomic E-state index is 0.293. The van der Waals surface area contributed by atoms with E-state index in [9.17, 15) is 22.7 Å². The highest BCUT2D eigenvalue weighted by atomic mass is 19.4. The molecule has 0 fully saturated rings. The van der Waals surface area contributed by atoms with Gasteiger partial charge in [-0.05, 0) is 30.7 Å². The van der Waals surface area contributed by atoms with Crippen LogP contribution in [0.15, 0.2) is 42.5 Å². The lowest BCUT2D eigenvalue weighted by molar-refractivity contribution is -0.139. The van der Waals surface area contributed by atoms with Crippen LogP contribution in [0.25, 0.3) is 0 Å². The Kier molecular flexibility index (Phi) is 3.81. The van der Waals surface area contributed by atoms with Crippen molar-refractivity contribution in [1.82, 2.24) is 0 Å². The molecule has 0 saturated heterocycles. The summed E-state index contributed by atoms with van der Waals surface area (Å²) in [6.07, 6.45) is -6.17. The molecule has 2 aromatic rings. The van der Waals surface area contributed by atoms with E-state index in [1.54, 1.807) is 25.1 Å². The van der Waals surface area contributed by atoms with Crippen LogP contribution in [-0.4, -0.2) is 5.11 Å². The molecule has 1 N–H and O–H groups in total. The predicted molar refractivity (Wildman–Crippen MR) is 66.6 cm³/mol. The third-order valence-electron chi connectivity index (χ3n) is 2.97. The summed E-state index contributed by atoms with van der Waals surface area (Å²) in [5.41, 5.74) is -0.427. The van der Waals surface area contributed by atoms with Gasteiger partial charge in [0.05, 0.1) is 5.56 Å². The highest BCUT2D eigenvalue weighted by Gasteiger charge is 2.35. The van der Waals surface area contributed by atoms with Crippen LogP contribution in [0.1, 0.15) is 28.4 Å². The van der Waals surface area contributed by atoms with Crippen molar-refractivity contribution in [2.45, 2.75) is 19.2 Å². The van der Waals surface area contributed by atoms with Crippen molar-refractivity contribution >= 4 is 0 Å². The second kappa shape index (κ2) is 5.25. The summed E-state index contributed by atoms with van der Waals surface area (Å²) < 4.78 is 51.9. The molecule has 0 aliphatic carbocycles. The fourth-order valence-electron chi connectivity index (χ4n) is 2.04. The molecular weight excluding hydrogens is 272 g/mol. The molecular formula is C15H12F4O. The van der Waals surface area contributed by atoms with E-state index in [1.165, 1.54) is 6.07 Å². The van der Waals surface area contributed by atoms with Gasteiger partial charge in [-0.15, -0.1) is 0 Å². The van der Waals surface area contributed by atoms with Crippen LogP contribution in [0.5, 0.6) is 0 Å². The minimum Gasteiger partial charge on any atom is -0.384 e. The third kappa shape index (κ3) is 2.99. The average molecular weight is 284 g/mol. The summed E-state index contributed by atoms with van der Waals surface area (Å²) in [6, 6.07) is 8.54. The quantitative estimate of drug-likeness (QED) is 0.818. The van der Waals surface area contributed by atoms with Gasteiger partial charge in [-0.2, -0.15) is 13.2 Å². The molecule has 0 aliphatic heterocycles. The summed E-state index contributed by atoms with van der Waals surface area (Å²) in [5.74, 6) is -0.820. The second-order valence-corrected chi connectivity index (χ2v) is 4.55. The first-order chi connectivity index (χ1) is 9.29. The molecule has 0 spiro atoms. The van der Waals surface area contributed by atoms with Crippen LogP contribution in [0, 0.1) is 12.7 Å². The molecule has 2 aromatic carbocycles. The van der Waals surface area contributed by atoms with Gasteiger partial charge in [0, 0.05) is 5.56 Å². The molecule has 0 saturated carbocycles. The molecule has 5 heteroatoms. The van der Waals surface area contributed by atoms with Crippen LogP contribution < -0.4 is 0 Å². The topological polar surface area (TPSA) is 20.2 Å². The average Bonchev–Trinajstić information content (AvgIpc) is 2.36. The van der Waals surface area contributed by atoms with Gasteiger partial charge in [0.1, 0.15) is 11.9 Å². The molecule has 0 bridgehead atoms. The molecule has 20 heavy (non-hydrogen) atoms. The molecule has 0 radical (unpaired) electrons. The zero-order valence-corrected chi connectivity index (χ0v) is 10.6. The monoisotopic (exact) mass is 284 g/mol. The van der Waals surface area contributed by atoms with Gasteiger partial charge in [0.2, 0.25) is 0 Å². The Morgan fingerprint density at radius 2 is 1.75 bits per heavy atom. The summed E-state index contributed by atoms with van der Waals surface area (Å²) in [4.78, 5) is 0. The molecule has 0 aliphatic rings. The first kappa shape index (κ1) is 14.5. The number of aliphatic hydroxyl groups is 1. The summed E-state index contributed by atoms with van der Waals surface area (Å²) >= 11 is 0. The van der Waals surface area contributed by atoms with Gasteiger partial charge in [-0.1, -0.05) is 29.8 Å². The van der Waals surface area contributed by atoms with Crippen LogP contribution in [0.2, 0.25) is 0 Å². The summed E-state index contributed by atoms with van der Waals surface area (Å²) in [6.45, 7) is 1.76. The Hall–Kier alpha value is -1.88. The van der Waals surface area contributed by atoms with Crippen LogP contribution in [0.4, 0.5) is 17.6 Å². The van der Waals surface area contributed by atoms with E-state index < -0.39 is 29.2 Å². The van der Waals surface area contributed by atoms with E-state index >= 15 is 0 Å². The molecule has 106 valence electrons. The Morgan fingerprint density at radius 1 is 1.05 bits per heavy atom. The first-order valence-electron chi connectivity index (χ1n) is 5.90. The number of rotatable bonds is 2. The van der Waals surface area contributed by atoms with Gasteiger partial charge in [-0.3, -0.25) is 0 Å². The number of benzene rings is 2. The Balaban J connectivity index is 2.54. The Bertz CT molecular complexity index is 620. The van der Waals surface area contributed by atoms with Gasteiger partial charge >= 0.3 is 6.18 Å². The summed E-state index contributed by atoms with van der Waals surface area (Å²) in [5, 5.41) is 10.1. The Morgan fingerprint density at radius 3 is 2.35 bits per heavy atom. The normalized spacial score (nSPS) is 13.3. The zero-order chi connectivity index (χ0) is 14.9.